The van der Waals surface area contributed by atoms with E-state index in [0.29, 0.717) is 11.3 Å². The molecule has 2 atom stereocenters. The fraction of sp³-hybridized carbons (Fsp3) is 0.571. The van der Waals surface area contributed by atoms with Crippen LogP contribution in [0, 0.1) is 23.1 Å². The van der Waals surface area contributed by atoms with Crippen LogP contribution in [-0.2, 0) is 6.42 Å². The van der Waals surface area contributed by atoms with E-state index in [1.807, 2.05) is 12.1 Å². The highest BCUT2D eigenvalue weighted by Gasteiger charge is 2.55. The van der Waals surface area contributed by atoms with Crippen molar-refractivity contribution >= 4 is 0 Å². The zero-order valence-corrected chi connectivity index (χ0v) is 10.0. The number of nitrogens with two attached hydrogens (primary N) is 1. The molecule has 0 heterocycles. The summed E-state index contributed by atoms with van der Waals surface area (Å²) in [5.41, 5.74) is 7.37. The summed E-state index contributed by atoms with van der Waals surface area (Å²) in [5, 5.41) is 0. The van der Waals surface area contributed by atoms with Gasteiger partial charge in [-0.15, -0.1) is 0 Å². The molecule has 1 aliphatic rings. The van der Waals surface area contributed by atoms with Gasteiger partial charge in [-0.05, 0) is 54.3 Å². The Labute approximate surface area is 96.9 Å². The molecule has 0 bridgehead atoms. The maximum Gasteiger partial charge on any atom is 0.123 e. The van der Waals surface area contributed by atoms with Crippen LogP contribution in [0.4, 0.5) is 4.39 Å². The van der Waals surface area contributed by atoms with Crippen LogP contribution >= 0.6 is 0 Å². The van der Waals surface area contributed by atoms with E-state index in [4.69, 9.17) is 5.73 Å². The third kappa shape index (κ3) is 2.12. The van der Waals surface area contributed by atoms with Crippen molar-refractivity contribution in [3.63, 3.8) is 0 Å². The molecule has 0 spiro atoms. The first-order valence-corrected chi connectivity index (χ1v) is 6.00. The van der Waals surface area contributed by atoms with Crippen LogP contribution in [0.1, 0.15) is 25.8 Å². The van der Waals surface area contributed by atoms with Gasteiger partial charge in [0, 0.05) is 0 Å². The maximum absolute atomic E-state index is 12.7. The van der Waals surface area contributed by atoms with Crippen molar-refractivity contribution in [2.45, 2.75) is 26.7 Å². The average molecular weight is 221 g/mol. The molecule has 0 unspecified atom stereocenters. The molecule has 16 heavy (non-hydrogen) atoms. The van der Waals surface area contributed by atoms with E-state index < -0.39 is 0 Å². The van der Waals surface area contributed by atoms with Crippen LogP contribution in [0.15, 0.2) is 24.3 Å². The number of hydrogen-bond acceptors (Lipinski definition) is 1. The Morgan fingerprint density at radius 3 is 2.31 bits per heavy atom. The minimum Gasteiger partial charge on any atom is -0.330 e. The molecule has 0 aliphatic heterocycles. The van der Waals surface area contributed by atoms with E-state index in [1.54, 1.807) is 0 Å². The number of benzene rings is 1. The lowest BCUT2D eigenvalue weighted by molar-refractivity contribution is 0.522. The summed E-state index contributed by atoms with van der Waals surface area (Å²) < 4.78 is 12.7. The number of halogens is 1. The molecular weight excluding hydrogens is 201 g/mol. The average Bonchev–Trinajstić information content (AvgIpc) is 2.79. The Hall–Kier alpha value is -0.890. The predicted octanol–water partition coefficient (Wildman–Crippen LogP) is 2.99. The molecule has 1 aromatic carbocycles. The summed E-state index contributed by atoms with van der Waals surface area (Å²) in [6.45, 7) is 5.38. The molecule has 1 saturated carbocycles. The maximum atomic E-state index is 12.7. The normalized spacial score (nSPS) is 26.8. The molecule has 0 saturated heterocycles. The fourth-order valence-corrected chi connectivity index (χ4v) is 2.87. The van der Waals surface area contributed by atoms with Gasteiger partial charge >= 0.3 is 0 Å². The molecule has 2 N–H and O–H groups in total. The molecule has 1 fully saturated rings. The van der Waals surface area contributed by atoms with E-state index in [9.17, 15) is 4.39 Å². The number of hydrogen-bond donors (Lipinski definition) is 1. The molecule has 2 rings (SSSR count). The van der Waals surface area contributed by atoms with Gasteiger partial charge in [0.2, 0.25) is 0 Å². The van der Waals surface area contributed by atoms with Gasteiger partial charge in [-0.25, -0.2) is 4.39 Å². The van der Waals surface area contributed by atoms with Crippen molar-refractivity contribution in [1.29, 1.82) is 0 Å². The van der Waals surface area contributed by atoms with Crippen LogP contribution in [0.25, 0.3) is 0 Å². The smallest absolute Gasteiger partial charge is 0.123 e. The van der Waals surface area contributed by atoms with Gasteiger partial charge in [0.25, 0.3) is 0 Å². The van der Waals surface area contributed by atoms with Gasteiger partial charge in [-0.1, -0.05) is 26.0 Å². The van der Waals surface area contributed by atoms with E-state index in [2.05, 4.69) is 13.8 Å². The molecule has 88 valence electrons. The van der Waals surface area contributed by atoms with Crippen molar-refractivity contribution in [1.82, 2.24) is 0 Å². The van der Waals surface area contributed by atoms with Crippen LogP contribution in [0.5, 0.6) is 0 Å². The second-order valence-corrected chi connectivity index (χ2v) is 5.44. The zero-order chi connectivity index (χ0) is 11.8. The van der Waals surface area contributed by atoms with Gasteiger partial charge in [0.05, 0.1) is 0 Å². The van der Waals surface area contributed by atoms with E-state index in [1.165, 1.54) is 24.1 Å². The quantitative estimate of drug-likeness (QED) is 0.831. The first-order chi connectivity index (χ1) is 7.55. The first kappa shape index (κ1) is 11.6. The van der Waals surface area contributed by atoms with Crippen LogP contribution in [-0.4, -0.2) is 6.54 Å². The second-order valence-electron chi connectivity index (χ2n) is 5.44. The lowest BCUT2D eigenvalue weighted by atomic mass is 10.0. The highest BCUT2D eigenvalue weighted by atomic mass is 19.1. The van der Waals surface area contributed by atoms with E-state index in [-0.39, 0.29) is 5.82 Å². The fourth-order valence-electron chi connectivity index (χ4n) is 2.87. The largest absolute Gasteiger partial charge is 0.330 e. The second kappa shape index (κ2) is 4.17. The summed E-state index contributed by atoms with van der Waals surface area (Å²) in [6.07, 6.45) is 2.20. The monoisotopic (exact) mass is 221 g/mol. The lowest BCUT2D eigenvalue weighted by Crippen LogP contribution is -2.05. The van der Waals surface area contributed by atoms with Gasteiger partial charge in [-0.3, -0.25) is 0 Å². The van der Waals surface area contributed by atoms with Crippen molar-refractivity contribution in [3.8, 4) is 0 Å². The summed E-state index contributed by atoms with van der Waals surface area (Å²) in [7, 11) is 0. The van der Waals surface area contributed by atoms with Crippen molar-refractivity contribution in [2.24, 2.45) is 23.0 Å². The molecule has 1 aromatic rings. The molecule has 1 aliphatic carbocycles. The third-order valence-electron chi connectivity index (χ3n) is 4.20. The molecule has 2 heteroatoms. The summed E-state index contributed by atoms with van der Waals surface area (Å²) in [5.74, 6) is 1.26. The number of rotatable bonds is 4. The number of aryl methyl sites for hydroxylation is 1. The lowest BCUT2D eigenvalue weighted by Gasteiger charge is -2.03. The highest BCUT2D eigenvalue weighted by Crippen LogP contribution is 2.59. The first-order valence-electron chi connectivity index (χ1n) is 6.00. The Morgan fingerprint density at radius 1 is 1.19 bits per heavy atom. The topological polar surface area (TPSA) is 26.0 Å². The Bertz CT molecular complexity index is 356. The van der Waals surface area contributed by atoms with Gasteiger partial charge in [0.15, 0.2) is 0 Å². The van der Waals surface area contributed by atoms with E-state index in [0.717, 1.165) is 18.9 Å². The predicted molar refractivity (Wildman–Crippen MR) is 64.5 cm³/mol. The minimum absolute atomic E-state index is 0.157. The van der Waals surface area contributed by atoms with Crippen molar-refractivity contribution < 1.29 is 4.39 Å². The van der Waals surface area contributed by atoms with Crippen LogP contribution < -0.4 is 5.73 Å². The molecular formula is C14H20FN. The Morgan fingerprint density at radius 2 is 1.81 bits per heavy atom. The SMILES string of the molecule is CC1(C)[C@@H](CN)[C@@H]1CCc1ccc(F)cc1. The van der Waals surface area contributed by atoms with Gasteiger partial charge < -0.3 is 5.73 Å². The summed E-state index contributed by atoms with van der Waals surface area (Å²) in [6, 6.07) is 6.83. The standard InChI is InChI=1S/C14H20FN/c1-14(2)12(13(14)9-16)8-5-10-3-6-11(15)7-4-10/h3-4,6-7,12-13H,5,8-9,16H2,1-2H3/t12-,13-/m0/s1. The minimum atomic E-state index is -0.157. The van der Waals surface area contributed by atoms with Crippen LogP contribution in [0.3, 0.4) is 0 Å². The molecule has 0 radical (unpaired) electrons. The summed E-state index contributed by atoms with van der Waals surface area (Å²) in [4.78, 5) is 0. The highest BCUT2D eigenvalue weighted by molar-refractivity contribution is 5.17. The third-order valence-corrected chi connectivity index (χ3v) is 4.20. The Kier molecular flexibility index (Phi) is 3.02. The van der Waals surface area contributed by atoms with E-state index >= 15 is 0 Å². The zero-order valence-electron chi connectivity index (χ0n) is 10.0. The Balaban J connectivity index is 1.87. The van der Waals surface area contributed by atoms with Gasteiger partial charge in [0.1, 0.15) is 5.82 Å². The van der Waals surface area contributed by atoms with Crippen molar-refractivity contribution in [3.05, 3.63) is 35.6 Å². The van der Waals surface area contributed by atoms with Crippen LogP contribution in [0.2, 0.25) is 0 Å². The van der Waals surface area contributed by atoms with Crippen molar-refractivity contribution in [2.75, 3.05) is 6.54 Å². The molecule has 1 nitrogen and oxygen atoms in total. The molecule has 0 amide bonds. The molecule has 0 aromatic heterocycles. The van der Waals surface area contributed by atoms with Gasteiger partial charge in [-0.2, -0.15) is 0 Å². The summed E-state index contributed by atoms with van der Waals surface area (Å²) >= 11 is 0.